The average Bonchev–Trinajstić information content (AvgIpc) is 3.17. The summed E-state index contributed by atoms with van der Waals surface area (Å²) in [4.78, 5) is 5.54. The van der Waals surface area contributed by atoms with E-state index >= 15 is 0 Å². The number of benzene rings is 1. The largest absolute Gasteiger partial charge is 0.381 e. The van der Waals surface area contributed by atoms with Gasteiger partial charge in [-0.05, 0) is 23.9 Å². The van der Waals surface area contributed by atoms with E-state index in [-0.39, 0.29) is 5.92 Å². The quantitative estimate of drug-likeness (QED) is 0.717. The molecular weight excluding hydrogens is 260 g/mol. The zero-order valence-corrected chi connectivity index (χ0v) is 11.0. The Hall–Kier alpha value is -1.72. The molecule has 1 fully saturated rings. The first-order chi connectivity index (χ1) is 9.40. The van der Waals surface area contributed by atoms with Crippen LogP contribution in [0.5, 0.6) is 0 Å². The van der Waals surface area contributed by atoms with Crippen molar-refractivity contribution in [3.05, 3.63) is 36.2 Å². The molecule has 0 saturated carbocycles. The van der Waals surface area contributed by atoms with Gasteiger partial charge in [0.15, 0.2) is 5.82 Å². The molecule has 0 bridgehead atoms. The van der Waals surface area contributed by atoms with Crippen molar-refractivity contribution in [3.63, 3.8) is 0 Å². The maximum absolute atomic E-state index is 5.39. The Balaban J connectivity index is 1.71. The van der Waals surface area contributed by atoms with Crippen LogP contribution in [0.1, 0.15) is 18.2 Å². The van der Waals surface area contributed by atoms with Crippen LogP contribution in [-0.2, 0) is 4.74 Å². The van der Waals surface area contributed by atoms with Gasteiger partial charge in [0.1, 0.15) is 0 Å². The SMILES string of the molecule is c1ccc2sc(-c3nc([C@H]4CCOC4)no3)cc2c1. The van der Waals surface area contributed by atoms with E-state index in [4.69, 9.17) is 9.26 Å². The summed E-state index contributed by atoms with van der Waals surface area (Å²) < 4.78 is 12.0. The van der Waals surface area contributed by atoms with E-state index in [2.05, 4.69) is 28.3 Å². The van der Waals surface area contributed by atoms with Crippen LogP contribution in [-0.4, -0.2) is 23.4 Å². The van der Waals surface area contributed by atoms with E-state index in [0.29, 0.717) is 12.5 Å². The maximum atomic E-state index is 5.39. The number of rotatable bonds is 2. The minimum Gasteiger partial charge on any atom is -0.381 e. The molecular formula is C14H12N2O2S. The molecule has 4 rings (SSSR count). The highest BCUT2D eigenvalue weighted by atomic mass is 32.1. The van der Waals surface area contributed by atoms with E-state index < -0.39 is 0 Å². The van der Waals surface area contributed by atoms with E-state index in [0.717, 1.165) is 23.7 Å². The lowest BCUT2D eigenvalue weighted by Crippen LogP contribution is -1.99. The molecule has 0 amide bonds. The number of hydrogen-bond acceptors (Lipinski definition) is 5. The van der Waals surface area contributed by atoms with Crippen LogP contribution < -0.4 is 0 Å². The van der Waals surface area contributed by atoms with Gasteiger partial charge < -0.3 is 9.26 Å². The summed E-state index contributed by atoms with van der Waals surface area (Å²) in [5.74, 6) is 1.67. The van der Waals surface area contributed by atoms with Crippen LogP contribution in [0, 0.1) is 0 Å². The van der Waals surface area contributed by atoms with Crippen LogP contribution >= 0.6 is 11.3 Å². The zero-order chi connectivity index (χ0) is 12.7. The highest BCUT2D eigenvalue weighted by molar-refractivity contribution is 7.22. The first kappa shape index (κ1) is 11.1. The molecule has 0 aliphatic carbocycles. The Morgan fingerprint density at radius 1 is 1.26 bits per heavy atom. The summed E-state index contributed by atoms with van der Waals surface area (Å²) in [6.45, 7) is 1.49. The van der Waals surface area contributed by atoms with E-state index in [1.807, 2.05) is 12.1 Å². The molecule has 0 radical (unpaired) electrons. The second-order valence-corrected chi connectivity index (χ2v) is 5.75. The van der Waals surface area contributed by atoms with Crippen LogP contribution in [0.3, 0.4) is 0 Å². The third-order valence-corrected chi connectivity index (χ3v) is 4.48. The van der Waals surface area contributed by atoms with Crippen molar-refractivity contribution in [2.24, 2.45) is 0 Å². The minimum absolute atomic E-state index is 0.284. The summed E-state index contributed by atoms with van der Waals surface area (Å²) in [7, 11) is 0. The topological polar surface area (TPSA) is 48.2 Å². The summed E-state index contributed by atoms with van der Waals surface area (Å²) in [6.07, 6.45) is 0.978. The van der Waals surface area contributed by atoms with Crippen molar-refractivity contribution < 1.29 is 9.26 Å². The van der Waals surface area contributed by atoms with Crippen LogP contribution in [0.25, 0.3) is 20.9 Å². The molecule has 3 heterocycles. The number of aromatic nitrogens is 2. The van der Waals surface area contributed by atoms with Gasteiger partial charge in [0, 0.05) is 17.2 Å². The van der Waals surface area contributed by atoms with E-state index in [1.54, 1.807) is 11.3 Å². The maximum Gasteiger partial charge on any atom is 0.268 e. The van der Waals surface area contributed by atoms with Gasteiger partial charge in [0.25, 0.3) is 5.89 Å². The van der Waals surface area contributed by atoms with Gasteiger partial charge in [-0.1, -0.05) is 23.4 Å². The Morgan fingerprint density at radius 3 is 3.05 bits per heavy atom. The number of nitrogens with zero attached hydrogens (tertiary/aromatic N) is 2. The van der Waals surface area contributed by atoms with Gasteiger partial charge in [-0.2, -0.15) is 4.98 Å². The smallest absolute Gasteiger partial charge is 0.268 e. The zero-order valence-electron chi connectivity index (χ0n) is 10.2. The molecule has 3 aromatic rings. The van der Waals surface area contributed by atoms with Gasteiger partial charge in [0.05, 0.1) is 11.5 Å². The van der Waals surface area contributed by atoms with Crippen LogP contribution in [0.4, 0.5) is 0 Å². The van der Waals surface area contributed by atoms with Gasteiger partial charge in [-0.15, -0.1) is 11.3 Å². The number of thiophene rings is 1. The predicted octanol–water partition coefficient (Wildman–Crippen LogP) is 3.46. The third-order valence-electron chi connectivity index (χ3n) is 3.37. The number of hydrogen-bond donors (Lipinski definition) is 0. The Morgan fingerprint density at radius 2 is 2.21 bits per heavy atom. The van der Waals surface area contributed by atoms with Crippen LogP contribution in [0.2, 0.25) is 0 Å². The summed E-state index contributed by atoms with van der Waals surface area (Å²) in [5, 5.41) is 5.30. The Kier molecular flexibility index (Phi) is 2.60. The number of ether oxygens (including phenoxy) is 1. The molecule has 1 saturated heterocycles. The fraction of sp³-hybridized carbons (Fsp3) is 0.286. The monoisotopic (exact) mass is 272 g/mol. The highest BCUT2D eigenvalue weighted by Gasteiger charge is 2.23. The molecule has 1 aliphatic rings. The van der Waals surface area contributed by atoms with Crippen molar-refractivity contribution in [1.82, 2.24) is 10.1 Å². The molecule has 4 nitrogen and oxygen atoms in total. The van der Waals surface area contributed by atoms with Crippen molar-refractivity contribution >= 4 is 21.4 Å². The lowest BCUT2D eigenvalue weighted by atomic mass is 10.1. The number of fused-ring (bicyclic) bond motifs is 1. The summed E-state index contributed by atoms with van der Waals surface area (Å²) >= 11 is 1.68. The molecule has 96 valence electrons. The molecule has 1 atom stereocenters. The van der Waals surface area contributed by atoms with Gasteiger partial charge >= 0.3 is 0 Å². The fourth-order valence-electron chi connectivity index (χ4n) is 2.33. The van der Waals surface area contributed by atoms with Crippen molar-refractivity contribution in [2.45, 2.75) is 12.3 Å². The predicted molar refractivity (Wildman–Crippen MR) is 73.3 cm³/mol. The average molecular weight is 272 g/mol. The molecule has 19 heavy (non-hydrogen) atoms. The fourth-order valence-corrected chi connectivity index (χ4v) is 3.31. The molecule has 1 aliphatic heterocycles. The molecule has 0 unspecified atom stereocenters. The minimum atomic E-state index is 0.284. The molecule has 0 N–H and O–H groups in total. The lowest BCUT2D eigenvalue weighted by molar-refractivity contribution is 0.192. The van der Waals surface area contributed by atoms with Crippen LogP contribution in [0.15, 0.2) is 34.9 Å². The van der Waals surface area contributed by atoms with Gasteiger partial charge in [-0.25, -0.2) is 0 Å². The standard InChI is InChI=1S/C14H12N2O2S/c1-2-4-11-9(3-1)7-12(19-11)14-15-13(16-18-14)10-5-6-17-8-10/h1-4,7,10H,5-6,8H2/t10-/m0/s1. The third kappa shape index (κ3) is 1.95. The van der Waals surface area contributed by atoms with Crippen molar-refractivity contribution in [3.8, 4) is 10.8 Å². The second-order valence-electron chi connectivity index (χ2n) is 4.67. The second kappa shape index (κ2) is 4.43. The summed E-state index contributed by atoms with van der Waals surface area (Å²) in [5.41, 5.74) is 0. The molecule has 1 aromatic carbocycles. The lowest BCUT2D eigenvalue weighted by Gasteiger charge is -1.97. The molecule has 0 spiro atoms. The van der Waals surface area contributed by atoms with Gasteiger partial charge in [0.2, 0.25) is 0 Å². The molecule has 2 aromatic heterocycles. The first-order valence-electron chi connectivity index (χ1n) is 6.30. The Bertz CT molecular complexity index is 680. The molecule has 5 heteroatoms. The first-order valence-corrected chi connectivity index (χ1v) is 7.12. The van der Waals surface area contributed by atoms with E-state index in [1.165, 1.54) is 10.1 Å². The van der Waals surface area contributed by atoms with E-state index in [9.17, 15) is 0 Å². The summed E-state index contributed by atoms with van der Waals surface area (Å²) in [6, 6.07) is 10.4. The van der Waals surface area contributed by atoms with Crippen molar-refractivity contribution in [2.75, 3.05) is 13.2 Å². The van der Waals surface area contributed by atoms with Crippen molar-refractivity contribution in [1.29, 1.82) is 0 Å². The van der Waals surface area contributed by atoms with Gasteiger partial charge in [-0.3, -0.25) is 0 Å². The highest BCUT2D eigenvalue weighted by Crippen LogP contribution is 2.33. The normalized spacial score (nSPS) is 19.3. The Labute approximate surface area is 114 Å².